The fourth-order valence-electron chi connectivity index (χ4n) is 3.63. The minimum Gasteiger partial charge on any atom is -0.426 e. The van der Waals surface area contributed by atoms with E-state index in [0.29, 0.717) is 24.4 Å². The molecule has 1 fully saturated rings. The Morgan fingerprint density at radius 2 is 1.95 bits per heavy atom. The van der Waals surface area contributed by atoms with Crippen molar-refractivity contribution in [3.05, 3.63) is 33.4 Å². The van der Waals surface area contributed by atoms with Crippen molar-refractivity contribution in [3.63, 3.8) is 0 Å². The Kier molecular flexibility index (Phi) is 4.14. The van der Waals surface area contributed by atoms with Crippen LogP contribution in [0.15, 0.2) is 15.3 Å². The lowest BCUT2D eigenvalue weighted by atomic mass is 9.93. The van der Waals surface area contributed by atoms with Gasteiger partial charge in [0.1, 0.15) is 5.76 Å². The number of carbonyl (C=O) groups excluding carboxylic acids is 2. The number of imide groups is 1. The first-order chi connectivity index (χ1) is 10.6. The molecule has 22 heavy (non-hydrogen) atoms. The molecule has 0 unspecified atom stereocenters. The normalized spacial score (nSPS) is 18.9. The summed E-state index contributed by atoms with van der Waals surface area (Å²) < 4.78 is 5.12. The molecule has 5 nitrogen and oxygen atoms in total. The maximum absolute atomic E-state index is 12.5. The van der Waals surface area contributed by atoms with Crippen molar-refractivity contribution in [1.29, 1.82) is 0 Å². The van der Waals surface area contributed by atoms with Gasteiger partial charge in [-0.15, -0.1) is 0 Å². The second kappa shape index (κ2) is 6.07. The molecule has 5 heteroatoms. The monoisotopic (exact) mass is 303 g/mol. The molecule has 2 heterocycles. The summed E-state index contributed by atoms with van der Waals surface area (Å²) in [6.45, 7) is 2.12. The van der Waals surface area contributed by atoms with E-state index in [9.17, 15) is 14.4 Å². The van der Waals surface area contributed by atoms with E-state index >= 15 is 0 Å². The lowest BCUT2D eigenvalue weighted by Gasteiger charge is -2.26. The molecule has 0 radical (unpaired) electrons. The zero-order valence-corrected chi connectivity index (χ0v) is 12.9. The first kappa shape index (κ1) is 15.0. The molecule has 0 N–H and O–H groups in total. The predicted octanol–water partition coefficient (Wildman–Crippen LogP) is 2.31. The van der Waals surface area contributed by atoms with Crippen molar-refractivity contribution in [1.82, 2.24) is 4.90 Å². The number of carbonyl (C=O) groups is 2. The van der Waals surface area contributed by atoms with E-state index in [0.717, 1.165) is 12.0 Å². The molecule has 3 rings (SSSR count). The van der Waals surface area contributed by atoms with Crippen molar-refractivity contribution in [3.8, 4) is 0 Å². The number of rotatable bonds is 4. The van der Waals surface area contributed by atoms with E-state index in [-0.39, 0.29) is 24.0 Å². The summed E-state index contributed by atoms with van der Waals surface area (Å²) in [5, 5.41) is 0. The Morgan fingerprint density at radius 3 is 2.64 bits per heavy atom. The summed E-state index contributed by atoms with van der Waals surface area (Å²) in [6.07, 6.45) is 6.71. The van der Waals surface area contributed by atoms with Crippen molar-refractivity contribution >= 4 is 11.8 Å². The summed E-state index contributed by atoms with van der Waals surface area (Å²) in [7, 11) is 0. The average molecular weight is 303 g/mol. The predicted molar refractivity (Wildman–Crippen MR) is 80.7 cm³/mol. The van der Waals surface area contributed by atoms with Gasteiger partial charge < -0.3 is 4.42 Å². The first-order valence-corrected chi connectivity index (χ1v) is 8.10. The van der Waals surface area contributed by atoms with Gasteiger partial charge in [-0.3, -0.25) is 14.5 Å². The number of fused-ring (bicyclic) bond motifs is 1. The Morgan fingerprint density at radius 1 is 1.23 bits per heavy atom. The average Bonchev–Trinajstić information content (AvgIpc) is 2.97. The number of hydrogen-bond donors (Lipinski definition) is 0. The van der Waals surface area contributed by atoms with Gasteiger partial charge in [-0.2, -0.15) is 0 Å². The minimum atomic E-state index is -0.467. The smallest absolute Gasteiger partial charge is 0.336 e. The maximum Gasteiger partial charge on any atom is 0.336 e. The number of amides is 2. The maximum atomic E-state index is 12.5. The van der Waals surface area contributed by atoms with Gasteiger partial charge >= 0.3 is 5.63 Å². The molecule has 1 saturated carbocycles. The van der Waals surface area contributed by atoms with Gasteiger partial charge in [0.2, 0.25) is 5.91 Å². The fraction of sp³-hybridized carbons (Fsp3) is 0.588. The Balaban J connectivity index is 1.91. The molecule has 2 aliphatic rings. The number of aryl methyl sites for hydroxylation is 1. The molecule has 1 aromatic heterocycles. The molecule has 1 aromatic rings. The molecule has 0 aromatic carbocycles. The van der Waals surface area contributed by atoms with Gasteiger partial charge in [-0.25, -0.2) is 4.79 Å². The van der Waals surface area contributed by atoms with Gasteiger partial charge in [0.05, 0.1) is 12.0 Å². The van der Waals surface area contributed by atoms with Gasteiger partial charge in [0.15, 0.2) is 0 Å². The second-order valence-corrected chi connectivity index (χ2v) is 6.20. The zero-order chi connectivity index (χ0) is 15.7. The lowest BCUT2D eigenvalue weighted by Crippen LogP contribution is -2.43. The van der Waals surface area contributed by atoms with Crippen LogP contribution >= 0.6 is 0 Å². The summed E-state index contributed by atoms with van der Waals surface area (Å²) in [5.74, 6) is 0.314. The van der Waals surface area contributed by atoms with E-state index in [2.05, 4.69) is 0 Å². The molecule has 118 valence electrons. The summed E-state index contributed by atoms with van der Waals surface area (Å²) in [4.78, 5) is 37.4. The minimum absolute atomic E-state index is 0.00141. The van der Waals surface area contributed by atoms with Crippen molar-refractivity contribution in [2.75, 3.05) is 6.54 Å². The van der Waals surface area contributed by atoms with Crippen molar-refractivity contribution < 1.29 is 14.0 Å². The number of hydrogen-bond acceptors (Lipinski definition) is 4. The van der Waals surface area contributed by atoms with E-state index in [1.807, 2.05) is 0 Å². The van der Waals surface area contributed by atoms with Crippen LogP contribution in [0.5, 0.6) is 0 Å². The quantitative estimate of drug-likeness (QED) is 0.800. The third-order valence-electron chi connectivity index (χ3n) is 4.80. The molecular weight excluding hydrogens is 282 g/mol. The zero-order valence-electron chi connectivity index (χ0n) is 12.9. The highest BCUT2D eigenvalue weighted by Gasteiger charge is 2.34. The molecule has 0 atom stereocenters. The van der Waals surface area contributed by atoms with Crippen LogP contribution < -0.4 is 5.63 Å². The summed E-state index contributed by atoms with van der Waals surface area (Å²) >= 11 is 0. The first-order valence-electron chi connectivity index (χ1n) is 8.10. The highest BCUT2D eigenvalue weighted by Crippen LogP contribution is 2.30. The van der Waals surface area contributed by atoms with Crippen LogP contribution in [0, 0.1) is 5.92 Å². The fourth-order valence-corrected chi connectivity index (χ4v) is 3.63. The van der Waals surface area contributed by atoms with Crippen LogP contribution in [-0.2, 0) is 17.6 Å². The number of likely N-dealkylation sites (N-methyl/N-ethyl adjacent to an activating group) is 1. The topological polar surface area (TPSA) is 67.6 Å². The van der Waals surface area contributed by atoms with Crippen molar-refractivity contribution in [2.45, 2.75) is 51.9 Å². The molecule has 1 aliphatic heterocycles. The summed E-state index contributed by atoms with van der Waals surface area (Å²) in [6, 6.07) is 1.43. The second-order valence-electron chi connectivity index (χ2n) is 6.20. The third-order valence-corrected chi connectivity index (χ3v) is 4.80. The van der Waals surface area contributed by atoms with E-state index < -0.39 is 5.63 Å². The van der Waals surface area contributed by atoms with E-state index in [1.54, 1.807) is 6.92 Å². The van der Waals surface area contributed by atoms with Crippen LogP contribution in [0.3, 0.4) is 0 Å². The Labute approximate surface area is 129 Å². The molecule has 0 spiro atoms. The largest absolute Gasteiger partial charge is 0.426 e. The SMILES string of the molecule is CCN1C(=O)Cc2oc(=O)cc(CCC3CCCC3)c2C1=O. The van der Waals surface area contributed by atoms with Gasteiger partial charge in [-0.05, 0) is 31.2 Å². The van der Waals surface area contributed by atoms with Gasteiger partial charge in [0, 0.05) is 12.6 Å². The summed E-state index contributed by atoms with van der Waals surface area (Å²) in [5.41, 5.74) is 0.721. The van der Waals surface area contributed by atoms with Crippen molar-refractivity contribution in [2.24, 2.45) is 5.92 Å². The van der Waals surface area contributed by atoms with Crippen LogP contribution in [-0.4, -0.2) is 23.3 Å². The molecule has 2 amide bonds. The van der Waals surface area contributed by atoms with Crippen LogP contribution in [0.1, 0.15) is 60.7 Å². The van der Waals surface area contributed by atoms with E-state index in [4.69, 9.17) is 4.42 Å². The lowest BCUT2D eigenvalue weighted by molar-refractivity contribution is -0.128. The molecule has 1 aliphatic carbocycles. The third kappa shape index (κ3) is 2.72. The highest BCUT2D eigenvalue weighted by atomic mass is 16.4. The molecule has 0 bridgehead atoms. The molecular formula is C17H21NO4. The molecule has 0 saturated heterocycles. The standard InChI is InChI=1S/C17H21NO4/c1-2-18-14(19)10-13-16(17(18)21)12(9-15(20)22-13)8-7-11-5-3-4-6-11/h9,11H,2-8,10H2,1H3. The van der Waals surface area contributed by atoms with Crippen LogP contribution in [0.2, 0.25) is 0 Å². The highest BCUT2D eigenvalue weighted by molar-refractivity contribution is 6.09. The Hall–Kier alpha value is -1.91. The van der Waals surface area contributed by atoms with Crippen LogP contribution in [0.4, 0.5) is 0 Å². The van der Waals surface area contributed by atoms with Gasteiger partial charge in [0.25, 0.3) is 5.91 Å². The Bertz CT molecular complexity index is 655. The van der Waals surface area contributed by atoms with E-state index in [1.165, 1.54) is 36.6 Å². The van der Waals surface area contributed by atoms with Gasteiger partial charge in [-0.1, -0.05) is 25.7 Å². The number of nitrogens with zero attached hydrogens (tertiary/aromatic N) is 1. The van der Waals surface area contributed by atoms with Crippen LogP contribution in [0.25, 0.3) is 0 Å².